The Bertz CT molecular complexity index is 1410. The first-order chi connectivity index (χ1) is 18.8. The molecule has 0 radical (unpaired) electrons. The zero-order chi connectivity index (χ0) is 28.3. The number of ether oxygens (including phenoxy) is 4. The highest BCUT2D eigenvalue weighted by atomic mass is 32.2. The first-order valence-corrected chi connectivity index (χ1v) is 14.2. The van der Waals surface area contributed by atoms with E-state index in [4.69, 9.17) is 27.8 Å². The summed E-state index contributed by atoms with van der Waals surface area (Å²) in [4.78, 5) is 27.2. The van der Waals surface area contributed by atoms with Crippen molar-refractivity contribution in [3.8, 4) is 23.0 Å². The number of unbranched alkanes of at least 4 members (excludes halogenated alkanes) is 1. The number of benzene rings is 2. The number of ketones is 2. The van der Waals surface area contributed by atoms with Crippen molar-refractivity contribution in [1.29, 1.82) is 0 Å². The maximum Gasteiger partial charge on any atom is 0.180 e. The summed E-state index contributed by atoms with van der Waals surface area (Å²) >= 11 is 2.95. The average Bonchev–Trinajstić information content (AvgIpc) is 3.60. The Balaban J connectivity index is 1.93. The molecule has 0 unspecified atom stereocenters. The van der Waals surface area contributed by atoms with Crippen LogP contribution in [0.3, 0.4) is 0 Å². The van der Waals surface area contributed by atoms with Gasteiger partial charge in [-0.3, -0.25) is 9.59 Å². The molecule has 8 nitrogen and oxygen atoms in total. The second-order valence-electron chi connectivity index (χ2n) is 8.79. The zero-order valence-corrected chi connectivity index (χ0v) is 24.7. The van der Waals surface area contributed by atoms with Crippen molar-refractivity contribution in [2.45, 2.75) is 54.4 Å². The zero-order valence-electron chi connectivity index (χ0n) is 23.1. The number of thioether (sulfide) groups is 2. The minimum atomic E-state index is -0.157. The molecular weight excluding hydrogens is 540 g/mol. The molecule has 0 aliphatic carbocycles. The van der Waals surface area contributed by atoms with Crippen molar-refractivity contribution < 1.29 is 37.4 Å². The molecule has 0 aliphatic heterocycles. The van der Waals surface area contributed by atoms with Gasteiger partial charge >= 0.3 is 0 Å². The fraction of sp³-hybridized carbons (Fsp3) is 0.379. The van der Waals surface area contributed by atoms with Gasteiger partial charge in [0.05, 0.1) is 77.2 Å². The van der Waals surface area contributed by atoms with Gasteiger partial charge in [-0.15, -0.1) is 23.5 Å². The molecule has 0 spiro atoms. The molecule has 2 aromatic heterocycles. The Morgan fingerprint density at radius 2 is 1.15 bits per heavy atom. The summed E-state index contributed by atoms with van der Waals surface area (Å²) in [7, 11) is 6.18. The highest BCUT2D eigenvalue weighted by Crippen LogP contribution is 2.54. The molecule has 4 aromatic rings. The van der Waals surface area contributed by atoms with E-state index in [9.17, 15) is 9.59 Å². The minimum Gasteiger partial charge on any atom is -0.495 e. The quantitative estimate of drug-likeness (QED) is 0.0890. The Kier molecular flexibility index (Phi) is 9.07. The molecule has 10 heteroatoms. The molecule has 0 saturated heterocycles. The van der Waals surface area contributed by atoms with Gasteiger partial charge in [0.1, 0.15) is 11.5 Å². The van der Waals surface area contributed by atoms with Gasteiger partial charge in [0.15, 0.2) is 34.2 Å². The standard InChI is InChI=1S/C29H32O8S2/c1-8-9-10-19(38-28-20(15(2)30)22(32-4)17-11-13-36-24(17)26(28)34-6)39-29-21(16(3)31)23(33-5)18-12-14-37-25(18)27(29)35-7/h11-14,19H,8-10H2,1-7H3. The maximum atomic E-state index is 13.0. The second kappa shape index (κ2) is 12.3. The van der Waals surface area contributed by atoms with E-state index >= 15 is 0 Å². The van der Waals surface area contributed by atoms with Crippen LogP contribution in [-0.2, 0) is 0 Å². The molecule has 0 atom stereocenters. The van der Waals surface area contributed by atoms with Crippen molar-refractivity contribution >= 4 is 57.0 Å². The molecule has 2 aromatic carbocycles. The first kappa shape index (κ1) is 28.8. The number of hydrogen-bond donors (Lipinski definition) is 0. The minimum absolute atomic E-state index is 0.154. The highest BCUT2D eigenvalue weighted by molar-refractivity contribution is 8.17. The maximum absolute atomic E-state index is 13.0. The molecule has 0 N–H and O–H groups in total. The van der Waals surface area contributed by atoms with Gasteiger partial charge in [-0.05, 0) is 32.4 Å². The van der Waals surface area contributed by atoms with Crippen LogP contribution in [0.25, 0.3) is 21.9 Å². The van der Waals surface area contributed by atoms with E-state index in [-0.39, 0.29) is 16.1 Å². The average molecular weight is 573 g/mol. The van der Waals surface area contributed by atoms with Crippen LogP contribution in [-0.4, -0.2) is 44.6 Å². The van der Waals surface area contributed by atoms with Crippen LogP contribution in [0.15, 0.2) is 43.3 Å². The Morgan fingerprint density at radius 3 is 1.49 bits per heavy atom. The monoisotopic (exact) mass is 572 g/mol. The SMILES string of the molecule is CCCCC(Sc1c(C(C)=O)c(OC)c2ccoc2c1OC)Sc1c(C(C)=O)c(OC)c2ccoc2c1OC. The summed E-state index contributed by atoms with van der Waals surface area (Å²) in [5.41, 5.74) is 1.85. The van der Waals surface area contributed by atoms with Gasteiger partial charge in [-0.1, -0.05) is 19.8 Å². The molecular formula is C29H32O8S2. The number of methoxy groups -OCH3 is 4. The van der Waals surface area contributed by atoms with E-state index in [0.29, 0.717) is 65.9 Å². The van der Waals surface area contributed by atoms with E-state index < -0.39 is 0 Å². The van der Waals surface area contributed by atoms with Crippen LogP contribution >= 0.6 is 23.5 Å². The largest absolute Gasteiger partial charge is 0.495 e. The normalized spacial score (nSPS) is 11.4. The van der Waals surface area contributed by atoms with Crippen molar-refractivity contribution in [1.82, 2.24) is 0 Å². The number of rotatable bonds is 13. The highest BCUT2D eigenvalue weighted by Gasteiger charge is 2.32. The summed E-state index contributed by atoms with van der Waals surface area (Å²) in [5, 5.41) is 1.32. The van der Waals surface area contributed by atoms with Crippen LogP contribution in [0, 0.1) is 0 Å². The third-order valence-electron chi connectivity index (χ3n) is 6.37. The van der Waals surface area contributed by atoms with Crippen molar-refractivity contribution in [3.63, 3.8) is 0 Å². The van der Waals surface area contributed by atoms with Crippen molar-refractivity contribution in [2.75, 3.05) is 28.4 Å². The predicted octanol–water partition coefficient (Wildman–Crippen LogP) is 8.02. The van der Waals surface area contributed by atoms with Crippen LogP contribution < -0.4 is 18.9 Å². The summed E-state index contributed by atoms with van der Waals surface area (Å²) in [6, 6.07) is 3.52. The van der Waals surface area contributed by atoms with Gasteiger partial charge in [-0.2, -0.15) is 0 Å². The number of furan rings is 2. The molecule has 0 fully saturated rings. The second-order valence-corrected chi connectivity index (χ2v) is 11.5. The fourth-order valence-corrected chi connectivity index (χ4v) is 7.81. The lowest BCUT2D eigenvalue weighted by Crippen LogP contribution is -2.08. The van der Waals surface area contributed by atoms with Gasteiger partial charge in [0, 0.05) is 0 Å². The summed E-state index contributed by atoms with van der Waals surface area (Å²) in [6.07, 6.45) is 5.74. The van der Waals surface area contributed by atoms with Gasteiger partial charge in [0.2, 0.25) is 0 Å². The van der Waals surface area contributed by atoms with Crippen molar-refractivity contribution in [2.24, 2.45) is 0 Å². The fourth-order valence-electron chi connectivity index (χ4n) is 4.67. The van der Waals surface area contributed by atoms with E-state index in [0.717, 1.165) is 19.3 Å². The summed E-state index contributed by atoms with van der Waals surface area (Å²) in [5.74, 6) is 1.49. The van der Waals surface area contributed by atoms with Gasteiger partial charge in [-0.25, -0.2) is 0 Å². The molecule has 39 heavy (non-hydrogen) atoms. The molecule has 0 aliphatic rings. The lowest BCUT2D eigenvalue weighted by molar-refractivity contribution is 0.0998. The van der Waals surface area contributed by atoms with Crippen LogP contribution in [0.2, 0.25) is 0 Å². The molecule has 208 valence electrons. The van der Waals surface area contributed by atoms with E-state index in [1.807, 2.05) is 0 Å². The molecule has 4 rings (SSSR count). The molecule has 0 amide bonds. The van der Waals surface area contributed by atoms with Gasteiger partial charge in [0.25, 0.3) is 0 Å². The third-order valence-corrected chi connectivity index (χ3v) is 9.19. The Labute approximate surface area is 235 Å². The topological polar surface area (TPSA) is 97.3 Å². The van der Waals surface area contributed by atoms with E-state index in [1.165, 1.54) is 51.6 Å². The van der Waals surface area contributed by atoms with Crippen LogP contribution in [0.4, 0.5) is 0 Å². The molecule has 0 saturated carbocycles. The van der Waals surface area contributed by atoms with Crippen LogP contribution in [0.5, 0.6) is 23.0 Å². The third kappa shape index (κ3) is 5.19. The number of Topliss-reactive ketones (excluding diaryl/α,β-unsaturated/α-hetero) is 2. The van der Waals surface area contributed by atoms with Gasteiger partial charge < -0.3 is 27.8 Å². The lowest BCUT2D eigenvalue weighted by atomic mass is 10.1. The Morgan fingerprint density at radius 1 is 0.744 bits per heavy atom. The lowest BCUT2D eigenvalue weighted by Gasteiger charge is -2.23. The summed E-state index contributed by atoms with van der Waals surface area (Å²) in [6.45, 7) is 5.13. The smallest absolute Gasteiger partial charge is 0.180 e. The molecule has 0 bridgehead atoms. The summed E-state index contributed by atoms with van der Waals surface area (Å²) < 4.78 is 34.4. The number of carbonyl (C=O) groups is 2. The number of carbonyl (C=O) groups excluding carboxylic acids is 2. The first-order valence-electron chi connectivity index (χ1n) is 12.5. The number of hydrogen-bond acceptors (Lipinski definition) is 10. The van der Waals surface area contributed by atoms with E-state index in [2.05, 4.69) is 6.92 Å². The predicted molar refractivity (Wildman–Crippen MR) is 154 cm³/mol. The van der Waals surface area contributed by atoms with Crippen LogP contribution in [0.1, 0.15) is 60.7 Å². The van der Waals surface area contributed by atoms with E-state index in [1.54, 1.807) is 38.9 Å². The Hall–Kier alpha value is -3.24. The number of fused-ring (bicyclic) bond motifs is 2. The molecule has 2 heterocycles. The van der Waals surface area contributed by atoms with Crippen molar-refractivity contribution in [3.05, 3.63) is 35.8 Å².